The molecule has 0 saturated carbocycles. The molecule has 1 aromatic carbocycles. The molecule has 1 heterocycles. The topological polar surface area (TPSA) is 48.1 Å². The Kier molecular flexibility index (Phi) is 3.40. The van der Waals surface area contributed by atoms with E-state index in [1.165, 1.54) is 5.56 Å². The van der Waals surface area contributed by atoms with Crippen molar-refractivity contribution in [3.05, 3.63) is 47.8 Å². The summed E-state index contributed by atoms with van der Waals surface area (Å²) in [5.74, 6) is 0.764. The fraction of sp³-hybridized carbons (Fsp3) is 0.214. The second-order valence-corrected chi connectivity index (χ2v) is 3.97. The molecule has 0 aliphatic carbocycles. The van der Waals surface area contributed by atoms with Crippen molar-refractivity contribution in [2.45, 2.75) is 13.5 Å². The molecule has 0 radical (unpaired) electrons. The lowest BCUT2D eigenvalue weighted by Crippen LogP contribution is -1.97. The number of pyridine rings is 1. The van der Waals surface area contributed by atoms with E-state index in [0.29, 0.717) is 6.54 Å². The molecular weight excluding hydrogens is 212 g/mol. The number of rotatable bonds is 3. The van der Waals surface area contributed by atoms with E-state index in [1.807, 2.05) is 18.3 Å². The van der Waals surface area contributed by atoms with Crippen LogP contribution in [0.4, 0.5) is 0 Å². The van der Waals surface area contributed by atoms with Gasteiger partial charge in [0.15, 0.2) is 0 Å². The Morgan fingerprint density at radius 3 is 2.76 bits per heavy atom. The Labute approximate surface area is 101 Å². The fourth-order valence-electron chi connectivity index (χ4n) is 1.78. The average molecular weight is 228 g/mol. The summed E-state index contributed by atoms with van der Waals surface area (Å²) in [5.41, 5.74) is 10.2. The third kappa shape index (κ3) is 2.45. The molecule has 2 N–H and O–H groups in total. The maximum atomic E-state index is 5.66. The molecule has 0 unspecified atom stereocenters. The minimum Gasteiger partial charge on any atom is -0.495 e. The van der Waals surface area contributed by atoms with Gasteiger partial charge in [0.25, 0.3) is 0 Å². The highest BCUT2D eigenvalue weighted by Gasteiger charge is 2.04. The van der Waals surface area contributed by atoms with Crippen molar-refractivity contribution in [1.29, 1.82) is 0 Å². The van der Waals surface area contributed by atoms with Gasteiger partial charge in [0.1, 0.15) is 5.75 Å². The van der Waals surface area contributed by atoms with Gasteiger partial charge in [-0.25, -0.2) is 0 Å². The third-order valence-corrected chi connectivity index (χ3v) is 2.80. The summed E-state index contributed by atoms with van der Waals surface area (Å²) in [5, 5.41) is 0. The van der Waals surface area contributed by atoms with Crippen LogP contribution in [0.2, 0.25) is 0 Å². The highest BCUT2D eigenvalue weighted by molar-refractivity contribution is 5.68. The van der Waals surface area contributed by atoms with Crippen molar-refractivity contribution < 1.29 is 4.74 Å². The smallest absolute Gasteiger partial charge is 0.137 e. The van der Waals surface area contributed by atoms with Gasteiger partial charge in [-0.15, -0.1) is 0 Å². The highest BCUT2D eigenvalue weighted by Crippen LogP contribution is 2.26. The van der Waals surface area contributed by atoms with Gasteiger partial charge in [-0.3, -0.25) is 4.98 Å². The lowest BCUT2D eigenvalue weighted by atomic mass is 9.99. The van der Waals surface area contributed by atoms with Crippen molar-refractivity contribution in [2.24, 2.45) is 5.73 Å². The van der Waals surface area contributed by atoms with Crippen molar-refractivity contribution in [3.8, 4) is 16.9 Å². The van der Waals surface area contributed by atoms with Crippen molar-refractivity contribution in [2.75, 3.05) is 7.11 Å². The van der Waals surface area contributed by atoms with Crippen molar-refractivity contribution in [1.82, 2.24) is 4.98 Å². The van der Waals surface area contributed by atoms with Crippen LogP contribution in [0.15, 0.2) is 36.7 Å². The Hall–Kier alpha value is -1.87. The van der Waals surface area contributed by atoms with Crippen molar-refractivity contribution >= 4 is 0 Å². The standard InChI is InChI=1S/C14H16N2O/c1-10-3-4-11(7-15)5-14(10)12-6-13(17-2)9-16-8-12/h3-6,8-9H,7,15H2,1-2H3. The number of nitrogens with zero attached hydrogens (tertiary/aromatic N) is 1. The molecule has 0 spiro atoms. The van der Waals surface area contributed by atoms with E-state index in [1.54, 1.807) is 13.3 Å². The molecule has 1 aromatic heterocycles. The molecule has 0 aliphatic rings. The zero-order valence-electron chi connectivity index (χ0n) is 10.1. The predicted molar refractivity (Wildman–Crippen MR) is 68.9 cm³/mol. The van der Waals surface area contributed by atoms with Crippen LogP contribution >= 0.6 is 0 Å². The van der Waals surface area contributed by atoms with E-state index in [4.69, 9.17) is 10.5 Å². The first-order chi connectivity index (χ1) is 8.24. The number of nitrogens with two attached hydrogens (primary N) is 1. The van der Waals surface area contributed by atoms with Gasteiger partial charge in [0, 0.05) is 18.3 Å². The van der Waals surface area contributed by atoms with Gasteiger partial charge in [-0.1, -0.05) is 12.1 Å². The minimum atomic E-state index is 0.546. The maximum Gasteiger partial charge on any atom is 0.137 e. The zero-order chi connectivity index (χ0) is 12.3. The molecule has 3 heteroatoms. The molecule has 0 atom stereocenters. The number of ether oxygens (including phenoxy) is 1. The van der Waals surface area contributed by atoms with Crippen molar-refractivity contribution in [3.63, 3.8) is 0 Å². The van der Waals surface area contributed by atoms with E-state index in [9.17, 15) is 0 Å². The molecule has 17 heavy (non-hydrogen) atoms. The van der Waals surface area contributed by atoms with Crippen LogP contribution in [0.5, 0.6) is 5.75 Å². The van der Waals surface area contributed by atoms with Crippen LogP contribution in [0, 0.1) is 6.92 Å². The summed E-state index contributed by atoms with van der Waals surface area (Å²) >= 11 is 0. The van der Waals surface area contributed by atoms with Gasteiger partial charge in [0.2, 0.25) is 0 Å². The second-order valence-electron chi connectivity index (χ2n) is 3.97. The molecule has 0 bridgehead atoms. The first-order valence-corrected chi connectivity index (χ1v) is 5.53. The van der Waals surface area contributed by atoms with Gasteiger partial charge in [-0.2, -0.15) is 0 Å². The molecule has 0 fully saturated rings. The number of methoxy groups -OCH3 is 1. The Balaban J connectivity index is 2.50. The summed E-state index contributed by atoms with van der Waals surface area (Å²) < 4.78 is 5.19. The fourth-order valence-corrected chi connectivity index (χ4v) is 1.78. The molecular formula is C14H16N2O. The maximum absolute atomic E-state index is 5.66. The number of aryl methyl sites for hydroxylation is 1. The van der Waals surface area contributed by atoms with Gasteiger partial charge in [-0.05, 0) is 35.7 Å². The van der Waals surface area contributed by atoms with Gasteiger partial charge < -0.3 is 10.5 Å². The summed E-state index contributed by atoms with van der Waals surface area (Å²) in [6.07, 6.45) is 3.54. The van der Waals surface area contributed by atoms with E-state index in [2.05, 4.69) is 24.0 Å². The molecule has 0 saturated heterocycles. The molecule has 88 valence electrons. The summed E-state index contributed by atoms with van der Waals surface area (Å²) in [6.45, 7) is 2.62. The lowest BCUT2D eigenvalue weighted by molar-refractivity contribution is 0.413. The quantitative estimate of drug-likeness (QED) is 0.878. The normalized spacial score (nSPS) is 10.3. The zero-order valence-corrected chi connectivity index (χ0v) is 10.1. The summed E-state index contributed by atoms with van der Waals surface area (Å²) in [4.78, 5) is 4.17. The van der Waals surface area contributed by atoms with Crippen LogP contribution in [-0.4, -0.2) is 12.1 Å². The molecule has 0 aliphatic heterocycles. The molecule has 0 amide bonds. The van der Waals surface area contributed by atoms with E-state index in [-0.39, 0.29) is 0 Å². The number of aromatic nitrogens is 1. The van der Waals surface area contributed by atoms with Crippen LogP contribution in [-0.2, 0) is 6.54 Å². The average Bonchev–Trinajstić information content (AvgIpc) is 2.39. The summed E-state index contributed by atoms with van der Waals surface area (Å²) in [6, 6.07) is 8.21. The Morgan fingerprint density at radius 2 is 2.06 bits per heavy atom. The van der Waals surface area contributed by atoms with Crippen LogP contribution in [0.3, 0.4) is 0 Å². The number of hydrogen-bond donors (Lipinski definition) is 1. The number of benzene rings is 1. The van der Waals surface area contributed by atoms with Crippen LogP contribution in [0.25, 0.3) is 11.1 Å². The van der Waals surface area contributed by atoms with Crippen LogP contribution < -0.4 is 10.5 Å². The second kappa shape index (κ2) is 4.97. The first kappa shape index (κ1) is 11.6. The largest absolute Gasteiger partial charge is 0.495 e. The summed E-state index contributed by atoms with van der Waals surface area (Å²) in [7, 11) is 1.64. The van der Waals surface area contributed by atoms with Crippen LogP contribution in [0.1, 0.15) is 11.1 Å². The van der Waals surface area contributed by atoms with E-state index < -0.39 is 0 Å². The predicted octanol–water partition coefficient (Wildman–Crippen LogP) is 2.52. The Bertz CT molecular complexity index is 523. The van der Waals surface area contributed by atoms with E-state index in [0.717, 1.165) is 22.4 Å². The Morgan fingerprint density at radius 1 is 1.24 bits per heavy atom. The van der Waals surface area contributed by atoms with Gasteiger partial charge in [0.05, 0.1) is 13.3 Å². The molecule has 2 rings (SSSR count). The van der Waals surface area contributed by atoms with Gasteiger partial charge >= 0.3 is 0 Å². The minimum absolute atomic E-state index is 0.546. The highest BCUT2D eigenvalue weighted by atomic mass is 16.5. The SMILES string of the molecule is COc1cncc(-c2cc(CN)ccc2C)c1. The number of hydrogen-bond acceptors (Lipinski definition) is 3. The third-order valence-electron chi connectivity index (χ3n) is 2.80. The molecule has 2 aromatic rings. The molecule has 3 nitrogen and oxygen atoms in total. The monoisotopic (exact) mass is 228 g/mol. The lowest BCUT2D eigenvalue weighted by Gasteiger charge is -2.09. The van der Waals surface area contributed by atoms with E-state index >= 15 is 0 Å². The first-order valence-electron chi connectivity index (χ1n) is 5.53.